The molecule has 2 rings (SSSR count). The SMILES string of the molecule is CCCN(CCC)CCCCN.[C-]#[N+]c1ccc(C=O)cc1.[C-]#[N+]c1ccc(CCCCCCN(CCC)CCC)cc1. The van der Waals surface area contributed by atoms with E-state index in [1.165, 1.54) is 109 Å². The van der Waals surface area contributed by atoms with E-state index in [1.54, 1.807) is 24.3 Å². The summed E-state index contributed by atoms with van der Waals surface area (Å²) in [4.78, 5) is 21.9. The Labute approximate surface area is 264 Å². The molecule has 0 saturated carbocycles. The summed E-state index contributed by atoms with van der Waals surface area (Å²) >= 11 is 0. The molecule has 0 amide bonds. The second-order valence-electron chi connectivity index (χ2n) is 10.9. The molecule has 0 spiro atoms. The van der Waals surface area contributed by atoms with Gasteiger partial charge in [-0.05, 0) is 104 Å². The van der Waals surface area contributed by atoms with Crippen molar-refractivity contribution in [2.75, 3.05) is 45.8 Å². The lowest BCUT2D eigenvalue weighted by Gasteiger charge is -2.20. The summed E-state index contributed by atoms with van der Waals surface area (Å²) in [6.45, 7) is 30.9. The molecule has 0 aromatic heterocycles. The molecule has 238 valence electrons. The van der Waals surface area contributed by atoms with Crippen LogP contribution in [0.1, 0.15) is 108 Å². The minimum absolute atomic E-state index is 0.561. The molecule has 0 bridgehead atoms. The van der Waals surface area contributed by atoms with Gasteiger partial charge in [-0.3, -0.25) is 4.79 Å². The fourth-order valence-electron chi connectivity index (χ4n) is 4.80. The van der Waals surface area contributed by atoms with Crippen molar-refractivity contribution in [1.82, 2.24) is 9.80 Å². The highest BCUT2D eigenvalue weighted by Crippen LogP contribution is 2.15. The molecule has 2 aromatic carbocycles. The Balaban J connectivity index is 0.000000677. The fourth-order valence-corrected chi connectivity index (χ4v) is 4.80. The Kier molecular flexibility index (Phi) is 27.0. The van der Waals surface area contributed by atoms with Crippen LogP contribution in [-0.2, 0) is 6.42 Å². The summed E-state index contributed by atoms with van der Waals surface area (Å²) in [5, 5.41) is 0. The third kappa shape index (κ3) is 22.2. The van der Waals surface area contributed by atoms with Crippen molar-refractivity contribution in [1.29, 1.82) is 0 Å². The van der Waals surface area contributed by atoms with E-state index in [9.17, 15) is 4.79 Å². The number of rotatable bonds is 20. The highest BCUT2D eigenvalue weighted by atomic mass is 16.1. The number of carbonyl (C=O) groups is 1. The number of unbranched alkanes of at least 4 members (excludes halogenated alkanes) is 4. The largest absolute Gasteiger partial charge is 0.330 e. The van der Waals surface area contributed by atoms with Crippen LogP contribution in [0.3, 0.4) is 0 Å². The predicted octanol–water partition coefficient (Wildman–Crippen LogP) is 9.36. The summed E-state index contributed by atoms with van der Waals surface area (Å²) in [5.74, 6) is 0. The molecule has 0 aliphatic carbocycles. The van der Waals surface area contributed by atoms with E-state index in [0.29, 0.717) is 11.3 Å². The van der Waals surface area contributed by atoms with Crippen molar-refractivity contribution in [3.63, 3.8) is 0 Å². The van der Waals surface area contributed by atoms with Crippen LogP contribution in [0.25, 0.3) is 9.69 Å². The lowest BCUT2D eigenvalue weighted by molar-refractivity contribution is 0.112. The van der Waals surface area contributed by atoms with E-state index in [2.05, 4.69) is 59.3 Å². The molecule has 6 nitrogen and oxygen atoms in total. The van der Waals surface area contributed by atoms with Crippen LogP contribution in [0.4, 0.5) is 11.4 Å². The number of aryl methyl sites for hydroxylation is 1. The number of hydrogen-bond donors (Lipinski definition) is 1. The molecule has 6 heteroatoms. The molecule has 0 heterocycles. The van der Waals surface area contributed by atoms with Crippen molar-refractivity contribution in [3.8, 4) is 0 Å². The second kappa shape index (κ2) is 29.1. The Morgan fingerprint density at radius 3 is 1.42 bits per heavy atom. The monoisotopic (exact) mass is 589 g/mol. The van der Waals surface area contributed by atoms with Gasteiger partial charge in [-0.2, -0.15) is 0 Å². The zero-order chi connectivity index (χ0) is 32.0. The minimum Gasteiger partial charge on any atom is -0.330 e. The van der Waals surface area contributed by atoms with Gasteiger partial charge in [0, 0.05) is 5.56 Å². The van der Waals surface area contributed by atoms with Crippen molar-refractivity contribution >= 4 is 17.7 Å². The third-order valence-corrected chi connectivity index (χ3v) is 7.00. The lowest BCUT2D eigenvalue weighted by atomic mass is 10.1. The summed E-state index contributed by atoms with van der Waals surface area (Å²) in [6.07, 6.45) is 14.6. The molecule has 0 aliphatic rings. The van der Waals surface area contributed by atoms with Crippen molar-refractivity contribution in [2.45, 2.75) is 98.3 Å². The minimum atomic E-state index is 0.561. The molecular formula is C37H59N5O. The van der Waals surface area contributed by atoms with Gasteiger partial charge < -0.3 is 15.5 Å². The molecule has 0 atom stereocenters. The average molecular weight is 590 g/mol. The summed E-state index contributed by atoms with van der Waals surface area (Å²) in [5.41, 5.74) is 8.71. The van der Waals surface area contributed by atoms with Gasteiger partial charge in [0.1, 0.15) is 6.29 Å². The van der Waals surface area contributed by atoms with Gasteiger partial charge in [0.15, 0.2) is 11.4 Å². The van der Waals surface area contributed by atoms with Crippen molar-refractivity contribution < 1.29 is 4.79 Å². The lowest BCUT2D eigenvalue weighted by Crippen LogP contribution is -2.26. The standard InChI is InChI=1S/C19H30N2.C10H24N2.C8H5NO/c1-4-15-21(16-5-2)17-9-7-6-8-10-18-11-13-19(20-3)14-12-18;1-3-8-12(9-4-2)10-6-5-7-11;1-9-8-4-2-7(6-10)3-5-8/h11-14H,4-10,15-17H2,1-2H3;3-11H2,1-2H3;2-6H. The molecule has 0 radical (unpaired) electrons. The van der Waals surface area contributed by atoms with E-state index >= 15 is 0 Å². The molecule has 0 saturated heterocycles. The zero-order valence-corrected chi connectivity index (χ0v) is 27.7. The number of aldehydes is 1. The van der Waals surface area contributed by atoms with Crippen LogP contribution in [0.2, 0.25) is 0 Å². The predicted molar refractivity (Wildman–Crippen MR) is 185 cm³/mol. The van der Waals surface area contributed by atoms with Crippen LogP contribution in [0.15, 0.2) is 48.5 Å². The van der Waals surface area contributed by atoms with Gasteiger partial charge in [-0.1, -0.05) is 94.6 Å². The van der Waals surface area contributed by atoms with Crippen molar-refractivity contribution in [2.24, 2.45) is 5.73 Å². The first kappa shape index (κ1) is 40.0. The second-order valence-corrected chi connectivity index (χ2v) is 10.9. The van der Waals surface area contributed by atoms with E-state index in [1.807, 2.05) is 12.1 Å². The first-order valence-corrected chi connectivity index (χ1v) is 16.5. The Morgan fingerprint density at radius 1 is 0.605 bits per heavy atom. The maximum absolute atomic E-state index is 10.1. The molecule has 2 N–H and O–H groups in total. The van der Waals surface area contributed by atoms with Crippen LogP contribution in [-0.4, -0.2) is 61.9 Å². The normalized spacial score (nSPS) is 10.3. The highest BCUT2D eigenvalue weighted by molar-refractivity contribution is 5.75. The number of nitrogens with zero attached hydrogens (tertiary/aromatic N) is 4. The van der Waals surface area contributed by atoms with Gasteiger partial charge >= 0.3 is 0 Å². The van der Waals surface area contributed by atoms with E-state index in [-0.39, 0.29) is 0 Å². The molecule has 43 heavy (non-hydrogen) atoms. The quantitative estimate of drug-likeness (QED) is 0.0950. The summed E-state index contributed by atoms with van der Waals surface area (Å²) in [7, 11) is 0. The Morgan fingerprint density at radius 2 is 1.02 bits per heavy atom. The van der Waals surface area contributed by atoms with E-state index < -0.39 is 0 Å². The van der Waals surface area contributed by atoms with Crippen LogP contribution >= 0.6 is 0 Å². The molecular weight excluding hydrogens is 530 g/mol. The van der Waals surface area contributed by atoms with Gasteiger partial charge in [0.05, 0.1) is 13.1 Å². The number of carbonyl (C=O) groups excluding carboxylic acids is 1. The number of hydrogen-bond acceptors (Lipinski definition) is 4. The van der Waals surface area contributed by atoms with E-state index in [4.69, 9.17) is 18.9 Å². The fraction of sp³-hybridized carbons (Fsp3) is 0.595. The molecule has 0 unspecified atom stereocenters. The maximum Gasteiger partial charge on any atom is 0.187 e. The zero-order valence-electron chi connectivity index (χ0n) is 27.7. The Bertz CT molecular complexity index is 980. The third-order valence-electron chi connectivity index (χ3n) is 7.00. The number of nitrogens with two attached hydrogens (primary N) is 1. The first-order chi connectivity index (χ1) is 21.0. The van der Waals surface area contributed by atoms with Crippen molar-refractivity contribution in [3.05, 3.63) is 82.5 Å². The highest BCUT2D eigenvalue weighted by Gasteiger charge is 2.02. The van der Waals surface area contributed by atoms with Gasteiger partial charge in [-0.25, -0.2) is 9.69 Å². The van der Waals surface area contributed by atoms with Gasteiger partial charge in [-0.15, -0.1) is 0 Å². The van der Waals surface area contributed by atoms with Crippen LogP contribution in [0, 0.1) is 13.1 Å². The summed E-state index contributed by atoms with van der Waals surface area (Å²) in [6, 6.07) is 14.5. The smallest absolute Gasteiger partial charge is 0.187 e. The van der Waals surface area contributed by atoms with Gasteiger partial charge in [0.25, 0.3) is 0 Å². The molecule has 2 aromatic rings. The molecule has 0 aliphatic heterocycles. The van der Waals surface area contributed by atoms with Gasteiger partial charge in [0.2, 0.25) is 0 Å². The van der Waals surface area contributed by atoms with Crippen LogP contribution < -0.4 is 5.73 Å². The van der Waals surface area contributed by atoms with E-state index in [0.717, 1.165) is 24.9 Å². The average Bonchev–Trinajstić information content (AvgIpc) is 3.04. The Hall–Kier alpha value is -3.03. The van der Waals surface area contributed by atoms with Crippen LogP contribution in [0.5, 0.6) is 0 Å². The number of benzene rings is 2. The maximum atomic E-state index is 10.1. The first-order valence-electron chi connectivity index (χ1n) is 16.5. The molecule has 0 fully saturated rings. The topological polar surface area (TPSA) is 58.3 Å². The summed E-state index contributed by atoms with van der Waals surface area (Å²) < 4.78 is 0.